The van der Waals surface area contributed by atoms with Gasteiger partial charge in [-0.05, 0) is 55.5 Å². The van der Waals surface area contributed by atoms with E-state index in [-0.39, 0.29) is 11.9 Å². The average molecular weight is 302 g/mol. The monoisotopic (exact) mass is 302 g/mol. The Labute approximate surface area is 130 Å². The Morgan fingerprint density at radius 1 is 1.24 bits per heavy atom. The molecule has 1 atom stereocenters. The van der Waals surface area contributed by atoms with E-state index in [0.29, 0.717) is 6.42 Å². The lowest BCUT2D eigenvalue weighted by Gasteiger charge is -2.19. The zero-order valence-electron chi connectivity index (χ0n) is 13.0. The molecular formula is C17H22N2OS. The van der Waals surface area contributed by atoms with Crippen LogP contribution in [0.2, 0.25) is 0 Å². The quantitative estimate of drug-likeness (QED) is 0.826. The summed E-state index contributed by atoms with van der Waals surface area (Å²) in [6, 6.07) is 8.35. The minimum absolute atomic E-state index is 0.0393. The maximum absolute atomic E-state index is 11.6. The number of hydrogen-bond acceptors (Lipinski definition) is 3. The van der Waals surface area contributed by atoms with Gasteiger partial charge in [0.25, 0.3) is 0 Å². The number of carbonyl (C=O) groups is 1. The third-order valence-electron chi connectivity index (χ3n) is 3.60. The smallest absolute Gasteiger partial charge is 0.224 e. The number of benzene rings is 1. The standard InChI is InChI=1S/C17H22N2OS/c1-5-16(20)19-15-8-6-7-14(12(15)3)18-13(4)17-11(2)9-10-21-17/h6-10,13,18H,5H2,1-4H3,(H,19,20). The van der Waals surface area contributed by atoms with Gasteiger partial charge in [-0.25, -0.2) is 0 Å². The fourth-order valence-corrected chi connectivity index (χ4v) is 3.23. The van der Waals surface area contributed by atoms with Gasteiger partial charge in [-0.2, -0.15) is 0 Å². The molecule has 2 rings (SSSR count). The molecule has 0 fully saturated rings. The number of rotatable bonds is 5. The van der Waals surface area contributed by atoms with Gasteiger partial charge in [0.1, 0.15) is 0 Å². The highest BCUT2D eigenvalue weighted by Gasteiger charge is 2.12. The van der Waals surface area contributed by atoms with Crippen molar-refractivity contribution in [1.29, 1.82) is 0 Å². The number of thiophene rings is 1. The molecular weight excluding hydrogens is 280 g/mol. The van der Waals surface area contributed by atoms with Crippen LogP contribution in [0, 0.1) is 13.8 Å². The van der Waals surface area contributed by atoms with Crippen LogP contribution >= 0.6 is 11.3 Å². The molecule has 0 aliphatic heterocycles. The average Bonchev–Trinajstić information content (AvgIpc) is 2.89. The molecule has 112 valence electrons. The number of aryl methyl sites for hydroxylation is 1. The second kappa shape index (κ2) is 6.76. The first-order chi connectivity index (χ1) is 10.0. The molecule has 0 aliphatic carbocycles. The number of nitrogens with one attached hydrogen (secondary N) is 2. The van der Waals surface area contributed by atoms with Crippen molar-refractivity contribution in [2.45, 2.75) is 40.2 Å². The van der Waals surface area contributed by atoms with Crippen molar-refractivity contribution >= 4 is 28.6 Å². The largest absolute Gasteiger partial charge is 0.377 e. The van der Waals surface area contributed by atoms with E-state index in [9.17, 15) is 4.79 Å². The van der Waals surface area contributed by atoms with Crippen molar-refractivity contribution in [3.8, 4) is 0 Å². The van der Waals surface area contributed by atoms with Crippen LogP contribution in [0.4, 0.5) is 11.4 Å². The van der Waals surface area contributed by atoms with Gasteiger partial charge in [0.2, 0.25) is 5.91 Å². The van der Waals surface area contributed by atoms with Gasteiger partial charge in [-0.3, -0.25) is 4.79 Å². The van der Waals surface area contributed by atoms with Crippen LogP contribution in [0.3, 0.4) is 0 Å². The van der Waals surface area contributed by atoms with Crippen LogP contribution in [0.1, 0.15) is 42.3 Å². The lowest BCUT2D eigenvalue weighted by Crippen LogP contribution is -2.12. The Kier molecular flexibility index (Phi) is 5.02. The Bertz CT molecular complexity index is 633. The predicted octanol–water partition coefficient (Wildman–Crippen LogP) is 4.89. The number of amides is 1. The summed E-state index contributed by atoms with van der Waals surface area (Å²) in [5.74, 6) is 0.0393. The van der Waals surface area contributed by atoms with Crippen LogP contribution in [-0.4, -0.2) is 5.91 Å². The van der Waals surface area contributed by atoms with E-state index >= 15 is 0 Å². The van der Waals surface area contributed by atoms with E-state index < -0.39 is 0 Å². The molecule has 1 unspecified atom stereocenters. The summed E-state index contributed by atoms with van der Waals surface area (Å²) in [7, 11) is 0. The molecule has 3 nitrogen and oxygen atoms in total. The van der Waals surface area contributed by atoms with Crippen LogP contribution < -0.4 is 10.6 Å². The molecule has 0 spiro atoms. The molecule has 1 aromatic heterocycles. The molecule has 2 aromatic rings. The summed E-state index contributed by atoms with van der Waals surface area (Å²) in [5.41, 5.74) is 4.32. The molecule has 1 heterocycles. The predicted molar refractivity (Wildman–Crippen MR) is 91.2 cm³/mol. The third kappa shape index (κ3) is 3.64. The van der Waals surface area contributed by atoms with Gasteiger partial charge >= 0.3 is 0 Å². The molecule has 0 saturated heterocycles. The first kappa shape index (κ1) is 15.6. The minimum Gasteiger partial charge on any atom is -0.377 e. The Balaban J connectivity index is 2.19. The van der Waals surface area contributed by atoms with Crippen molar-refractivity contribution in [2.24, 2.45) is 0 Å². The van der Waals surface area contributed by atoms with E-state index in [0.717, 1.165) is 16.9 Å². The summed E-state index contributed by atoms with van der Waals surface area (Å²) in [6.07, 6.45) is 0.488. The van der Waals surface area contributed by atoms with Crippen LogP contribution in [0.5, 0.6) is 0 Å². The first-order valence-corrected chi connectivity index (χ1v) is 8.10. The third-order valence-corrected chi connectivity index (χ3v) is 4.80. The molecule has 0 radical (unpaired) electrons. The van der Waals surface area contributed by atoms with E-state index in [1.807, 2.05) is 26.0 Å². The minimum atomic E-state index is 0.0393. The maximum atomic E-state index is 11.6. The highest BCUT2D eigenvalue weighted by molar-refractivity contribution is 7.10. The second-order valence-corrected chi connectivity index (χ2v) is 6.16. The van der Waals surface area contributed by atoms with Gasteiger partial charge in [0.15, 0.2) is 0 Å². The Hall–Kier alpha value is -1.81. The number of hydrogen-bond donors (Lipinski definition) is 2. The second-order valence-electron chi connectivity index (χ2n) is 5.21. The summed E-state index contributed by atoms with van der Waals surface area (Å²) in [5, 5.41) is 8.61. The zero-order chi connectivity index (χ0) is 15.4. The van der Waals surface area contributed by atoms with E-state index in [1.165, 1.54) is 10.4 Å². The Morgan fingerprint density at radius 2 is 1.95 bits per heavy atom. The van der Waals surface area contributed by atoms with Crippen LogP contribution in [0.25, 0.3) is 0 Å². The van der Waals surface area contributed by atoms with Gasteiger partial charge in [0, 0.05) is 22.7 Å². The zero-order valence-corrected chi connectivity index (χ0v) is 13.8. The molecule has 1 amide bonds. The first-order valence-electron chi connectivity index (χ1n) is 7.23. The summed E-state index contributed by atoms with van der Waals surface area (Å²) < 4.78 is 0. The van der Waals surface area contributed by atoms with E-state index in [1.54, 1.807) is 11.3 Å². The molecule has 2 N–H and O–H groups in total. The molecule has 4 heteroatoms. The maximum Gasteiger partial charge on any atom is 0.224 e. The summed E-state index contributed by atoms with van der Waals surface area (Å²) in [6.45, 7) is 8.18. The van der Waals surface area contributed by atoms with Crippen LogP contribution in [0.15, 0.2) is 29.6 Å². The SMILES string of the molecule is CCC(=O)Nc1cccc(NC(C)c2sccc2C)c1C. The molecule has 0 saturated carbocycles. The number of anilines is 2. The fraction of sp³-hybridized carbons (Fsp3) is 0.353. The van der Waals surface area contributed by atoms with Gasteiger partial charge in [0.05, 0.1) is 6.04 Å². The van der Waals surface area contributed by atoms with Crippen molar-refractivity contribution in [2.75, 3.05) is 10.6 Å². The van der Waals surface area contributed by atoms with Crippen molar-refractivity contribution in [1.82, 2.24) is 0 Å². The van der Waals surface area contributed by atoms with Gasteiger partial charge in [-0.15, -0.1) is 11.3 Å². The lowest BCUT2D eigenvalue weighted by molar-refractivity contribution is -0.115. The molecule has 21 heavy (non-hydrogen) atoms. The summed E-state index contributed by atoms with van der Waals surface area (Å²) >= 11 is 1.77. The normalized spacial score (nSPS) is 12.0. The van der Waals surface area contributed by atoms with Gasteiger partial charge < -0.3 is 10.6 Å². The molecule has 0 aliphatic rings. The Morgan fingerprint density at radius 3 is 2.57 bits per heavy atom. The number of carbonyl (C=O) groups excluding carboxylic acids is 1. The van der Waals surface area contributed by atoms with Crippen molar-refractivity contribution in [3.05, 3.63) is 45.6 Å². The highest BCUT2D eigenvalue weighted by Crippen LogP contribution is 2.30. The molecule has 0 bridgehead atoms. The van der Waals surface area contributed by atoms with Crippen LogP contribution in [-0.2, 0) is 4.79 Å². The van der Waals surface area contributed by atoms with Crippen molar-refractivity contribution in [3.63, 3.8) is 0 Å². The van der Waals surface area contributed by atoms with E-state index in [2.05, 4.69) is 42.0 Å². The lowest BCUT2D eigenvalue weighted by atomic mass is 10.1. The highest BCUT2D eigenvalue weighted by atomic mass is 32.1. The van der Waals surface area contributed by atoms with Gasteiger partial charge in [-0.1, -0.05) is 13.0 Å². The fourth-order valence-electron chi connectivity index (χ4n) is 2.29. The van der Waals surface area contributed by atoms with E-state index in [4.69, 9.17) is 0 Å². The topological polar surface area (TPSA) is 41.1 Å². The summed E-state index contributed by atoms with van der Waals surface area (Å²) in [4.78, 5) is 12.9. The molecule has 1 aromatic carbocycles. The van der Waals surface area contributed by atoms with Crippen molar-refractivity contribution < 1.29 is 4.79 Å².